The van der Waals surface area contributed by atoms with E-state index in [9.17, 15) is 4.79 Å². The van der Waals surface area contributed by atoms with E-state index in [4.69, 9.17) is 4.74 Å². The van der Waals surface area contributed by atoms with Crippen LogP contribution in [0.1, 0.15) is 35.3 Å². The average Bonchev–Trinajstić information content (AvgIpc) is 2.96. The van der Waals surface area contributed by atoms with Crippen LogP contribution in [0.3, 0.4) is 0 Å². The highest BCUT2D eigenvalue weighted by atomic mass is 16.5. The fraction of sp³-hybridized carbons (Fsp3) is 0.444. The van der Waals surface area contributed by atoms with Crippen LogP contribution >= 0.6 is 0 Å². The molecule has 4 rings (SSSR count). The van der Waals surface area contributed by atoms with Gasteiger partial charge in [0.15, 0.2) is 0 Å². The molecular formula is C18H21N3O2. The molecule has 1 aromatic heterocycles. The van der Waals surface area contributed by atoms with Crippen LogP contribution in [0.2, 0.25) is 0 Å². The number of amides is 1. The maximum atomic E-state index is 12.6. The summed E-state index contributed by atoms with van der Waals surface area (Å²) in [5, 5.41) is 4.41. The van der Waals surface area contributed by atoms with E-state index in [1.54, 1.807) is 10.7 Å². The molecule has 2 heterocycles. The Morgan fingerprint density at radius 1 is 1.17 bits per heavy atom. The minimum Gasteiger partial charge on any atom is -0.472 e. The Morgan fingerprint density at radius 2 is 2.00 bits per heavy atom. The summed E-state index contributed by atoms with van der Waals surface area (Å²) < 4.78 is 7.52. The lowest BCUT2D eigenvalue weighted by Gasteiger charge is -2.34. The van der Waals surface area contributed by atoms with Crippen molar-refractivity contribution >= 4 is 5.91 Å². The topological polar surface area (TPSA) is 47.4 Å². The van der Waals surface area contributed by atoms with Gasteiger partial charge in [-0.15, -0.1) is 5.10 Å². The molecule has 0 unspecified atom stereocenters. The van der Waals surface area contributed by atoms with Crippen molar-refractivity contribution in [3.05, 3.63) is 47.7 Å². The molecule has 5 heteroatoms. The first-order valence-corrected chi connectivity index (χ1v) is 8.33. The van der Waals surface area contributed by atoms with Gasteiger partial charge < -0.3 is 9.64 Å². The van der Waals surface area contributed by atoms with E-state index in [0.29, 0.717) is 24.1 Å². The Balaban J connectivity index is 1.42. The monoisotopic (exact) mass is 311 g/mol. The number of hydrogen-bond acceptors (Lipinski definition) is 3. The summed E-state index contributed by atoms with van der Waals surface area (Å²) in [5.74, 6) is 1.31. The lowest BCUT2D eigenvalue weighted by molar-refractivity contribution is 0.0631. The van der Waals surface area contributed by atoms with Crippen LogP contribution in [0.25, 0.3) is 0 Å². The van der Waals surface area contributed by atoms with Gasteiger partial charge in [0.1, 0.15) is 12.3 Å². The lowest BCUT2D eigenvalue weighted by Crippen LogP contribution is -2.43. The van der Waals surface area contributed by atoms with Gasteiger partial charge in [-0.3, -0.25) is 9.48 Å². The Bertz CT molecular complexity index is 692. The average molecular weight is 311 g/mol. The smallest absolute Gasteiger partial charge is 0.272 e. The first-order chi connectivity index (χ1) is 11.3. The van der Waals surface area contributed by atoms with Crippen LogP contribution in [0.4, 0.5) is 0 Å². The highest BCUT2D eigenvalue weighted by molar-refractivity contribution is 5.93. The summed E-state index contributed by atoms with van der Waals surface area (Å²) in [6, 6.07) is 11.8. The summed E-state index contributed by atoms with van der Waals surface area (Å²) in [6.45, 7) is 2.87. The van der Waals surface area contributed by atoms with Gasteiger partial charge in [-0.2, -0.15) is 0 Å². The second-order valence-corrected chi connectivity index (χ2v) is 6.41. The second kappa shape index (κ2) is 6.07. The maximum absolute atomic E-state index is 12.6. The van der Waals surface area contributed by atoms with Gasteiger partial charge in [0.2, 0.25) is 5.88 Å². The third kappa shape index (κ3) is 2.96. The van der Waals surface area contributed by atoms with Gasteiger partial charge in [-0.1, -0.05) is 36.8 Å². The zero-order valence-corrected chi connectivity index (χ0v) is 13.1. The first kappa shape index (κ1) is 14.3. The number of nitrogens with zero attached hydrogens (tertiary/aromatic N) is 3. The number of carbonyl (C=O) groups excluding carboxylic acids is 1. The zero-order chi connectivity index (χ0) is 15.6. The molecular weight excluding hydrogens is 290 g/mol. The Morgan fingerprint density at radius 3 is 2.74 bits per heavy atom. The minimum absolute atomic E-state index is 0.0882. The molecule has 0 saturated heterocycles. The molecule has 1 saturated carbocycles. The fourth-order valence-electron chi connectivity index (χ4n) is 3.18. The molecule has 1 amide bonds. The van der Waals surface area contributed by atoms with Crippen molar-refractivity contribution in [2.45, 2.75) is 32.4 Å². The van der Waals surface area contributed by atoms with Crippen molar-refractivity contribution in [3.63, 3.8) is 0 Å². The Kier molecular flexibility index (Phi) is 3.77. The summed E-state index contributed by atoms with van der Waals surface area (Å²) in [6.07, 6.45) is 3.82. The van der Waals surface area contributed by atoms with E-state index in [1.807, 2.05) is 35.2 Å². The van der Waals surface area contributed by atoms with Crippen LogP contribution in [0.5, 0.6) is 5.88 Å². The molecule has 1 aliphatic heterocycles. The molecule has 1 aliphatic carbocycles. The van der Waals surface area contributed by atoms with Crippen LogP contribution in [0, 0.1) is 5.92 Å². The zero-order valence-electron chi connectivity index (χ0n) is 13.1. The van der Waals surface area contributed by atoms with Crippen molar-refractivity contribution in [1.29, 1.82) is 0 Å². The van der Waals surface area contributed by atoms with E-state index in [-0.39, 0.29) is 5.91 Å². The number of hydrogen-bond donors (Lipinski definition) is 0. The second-order valence-electron chi connectivity index (χ2n) is 6.41. The minimum atomic E-state index is 0.0882. The first-order valence-electron chi connectivity index (χ1n) is 8.33. The predicted molar refractivity (Wildman–Crippen MR) is 86.2 cm³/mol. The van der Waals surface area contributed by atoms with Crippen molar-refractivity contribution in [2.75, 3.05) is 13.1 Å². The summed E-state index contributed by atoms with van der Waals surface area (Å²) in [4.78, 5) is 14.6. The third-order valence-electron chi connectivity index (χ3n) is 4.78. The standard InChI is InChI=1S/C18H21N3O2/c22-18-16-11-17(23-13-15-5-2-1-3-6-15)19-21(16)10-9-20(18)12-14-7-4-8-14/h1-3,5-6,11,14H,4,7-10,12-13H2. The number of aromatic nitrogens is 2. The van der Waals surface area contributed by atoms with E-state index in [0.717, 1.165) is 25.2 Å². The van der Waals surface area contributed by atoms with Crippen LogP contribution < -0.4 is 4.74 Å². The van der Waals surface area contributed by atoms with Crippen LogP contribution in [-0.2, 0) is 13.2 Å². The summed E-state index contributed by atoms with van der Waals surface area (Å²) >= 11 is 0. The molecule has 120 valence electrons. The SMILES string of the molecule is O=C1c2cc(OCc3ccccc3)nn2CCN1CC1CCC1. The summed E-state index contributed by atoms with van der Waals surface area (Å²) in [5.41, 5.74) is 1.75. The fourth-order valence-corrected chi connectivity index (χ4v) is 3.18. The lowest BCUT2D eigenvalue weighted by atomic mass is 9.85. The number of carbonyl (C=O) groups is 1. The van der Waals surface area contributed by atoms with E-state index in [2.05, 4.69) is 5.10 Å². The molecule has 0 bridgehead atoms. The number of rotatable bonds is 5. The molecule has 2 aromatic rings. The highest BCUT2D eigenvalue weighted by Gasteiger charge is 2.30. The third-order valence-corrected chi connectivity index (χ3v) is 4.78. The molecule has 1 aromatic carbocycles. The maximum Gasteiger partial charge on any atom is 0.272 e. The van der Waals surface area contributed by atoms with E-state index < -0.39 is 0 Å². The molecule has 23 heavy (non-hydrogen) atoms. The molecule has 0 radical (unpaired) electrons. The Labute approximate surface area is 135 Å². The number of fused-ring (bicyclic) bond motifs is 1. The van der Waals surface area contributed by atoms with Crippen molar-refractivity contribution in [2.24, 2.45) is 5.92 Å². The normalized spacial score (nSPS) is 17.7. The number of benzene rings is 1. The largest absolute Gasteiger partial charge is 0.472 e. The van der Waals surface area contributed by atoms with E-state index >= 15 is 0 Å². The van der Waals surface area contributed by atoms with Gasteiger partial charge in [0, 0.05) is 19.2 Å². The van der Waals surface area contributed by atoms with E-state index in [1.165, 1.54) is 19.3 Å². The molecule has 0 N–H and O–H groups in total. The van der Waals surface area contributed by atoms with Gasteiger partial charge in [0.05, 0.1) is 6.54 Å². The van der Waals surface area contributed by atoms with Gasteiger partial charge in [0.25, 0.3) is 5.91 Å². The number of ether oxygens (including phenoxy) is 1. The molecule has 1 fully saturated rings. The molecule has 0 atom stereocenters. The predicted octanol–water partition coefficient (Wildman–Crippen LogP) is 2.72. The quantitative estimate of drug-likeness (QED) is 0.853. The molecule has 0 spiro atoms. The summed E-state index contributed by atoms with van der Waals surface area (Å²) in [7, 11) is 0. The van der Waals surface area contributed by atoms with Crippen LogP contribution in [-0.4, -0.2) is 33.7 Å². The Hall–Kier alpha value is -2.30. The van der Waals surface area contributed by atoms with Crippen LogP contribution in [0.15, 0.2) is 36.4 Å². The molecule has 2 aliphatic rings. The van der Waals surface area contributed by atoms with Crippen molar-refractivity contribution in [3.8, 4) is 5.88 Å². The van der Waals surface area contributed by atoms with Gasteiger partial charge in [-0.05, 0) is 24.3 Å². The van der Waals surface area contributed by atoms with Gasteiger partial charge in [-0.25, -0.2) is 0 Å². The van der Waals surface area contributed by atoms with Crippen molar-refractivity contribution in [1.82, 2.24) is 14.7 Å². The van der Waals surface area contributed by atoms with Gasteiger partial charge >= 0.3 is 0 Å². The van der Waals surface area contributed by atoms with Crippen molar-refractivity contribution < 1.29 is 9.53 Å². The molecule has 5 nitrogen and oxygen atoms in total. The highest BCUT2D eigenvalue weighted by Crippen LogP contribution is 2.28.